The van der Waals surface area contributed by atoms with Crippen LogP contribution in [0.3, 0.4) is 0 Å². The Bertz CT molecular complexity index is 303. The molecule has 0 aliphatic carbocycles. The van der Waals surface area contributed by atoms with E-state index in [0.29, 0.717) is 17.0 Å². The van der Waals surface area contributed by atoms with Gasteiger partial charge in [-0.15, -0.1) is 0 Å². The normalized spacial score (nSPS) is 10.0. The third-order valence-electron chi connectivity index (χ3n) is 1.66. The molecule has 0 saturated carbocycles. The molecule has 1 rings (SSSR count). The van der Waals surface area contributed by atoms with Crippen LogP contribution in [0.5, 0.6) is 11.5 Å². The van der Waals surface area contributed by atoms with Gasteiger partial charge in [-0.2, -0.15) is 0 Å². The van der Waals surface area contributed by atoms with Crippen molar-refractivity contribution < 1.29 is 18.9 Å². The Hall–Kier alpha value is -1.20. The summed E-state index contributed by atoms with van der Waals surface area (Å²) >= 11 is 0. The molecule has 0 fully saturated rings. The van der Waals surface area contributed by atoms with Crippen LogP contribution in [0.25, 0.3) is 0 Å². The smallest absolute Gasteiger partial charge is 0.188 e. The van der Waals surface area contributed by atoms with Gasteiger partial charge in [-0.25, -0.2) is 0 Å². The maximum Gasteiger partial charge on any atom is 0.188 e. The molecule has 0 amide bonds. The van der Waals surface area contributed by atoms with Crippen LogP contribution in [0.4, 0.5) is 0 Å². The summed E-state index contributed by atoms with van der Waals surface area (Å²) in [5.41, 5.74) is 0.501. The number of hydrogen-bond acceptors (Lipinski definition) is 4. The van der Waals surface area contributed by atoms with Crippen molar-refractivity contribution in [1.82, 2.24) is 0 Å². The number of hydrogen-bond donors (Lipinski definition) is 0. The fourth-order valence-electron chi connectivity index (χ4n) is 0.997. The van der Waals surface area contributed by atoms with Crippen LogP contribution < -0.4 is 14.9 Å². The molecule has 4 nitrogen and oxygen atoms in total. The van der Waals surface area contributed by atoms with Crippen LogP contribution in [0.15, 0.2) is 18.2 Å². The fraction of sp³-hybridized carbons (Fsp3) is 0.400. The lowest BCUT2D eigenvalue weighted by Crippen LogP contribution is -2.12. The zero-order chi connectivity index (χ0) is 11.1. The summed E-state index contributed by atoms with van der Waals surface area (Å²) in [5, 5.41) is 0. The first kappa shape index (κ1) is 11.9. The lowest BCUT2D eigenvalue weighted by atomic mass is 9.95. The lowest BCUT2D eigenvalue weighted by molar-refractivity contribution is 0.0489. The first-order chi connectivity index (χ1) is 7.27. The van der Waals surface area contributed by atoms with E-state index in [2.05, 4.69) is 0 Å². The van der Waals surface area contributed by atoms with E-state index in [4.69, 9.17) is 26.8 Å². The van der Waals surface area contributed by atoms with Crippen LogP contribution >= 0.6 is 0 Å². The van der Waals surface area contributed by atoms with Crippen molar-refractivity contribution >= 4 is 13.3 Å². The minimum Gasteiger partial charge on any atom is -0.468 e. The molecule has 0 atom stereocenters. The molecule has 0 spiro atoms. The predicted octanol–water partition coefficient (Wildman–Crippen LogP) is 0.446. The van der Waals surface area contributed by atoms with Crippen molar-refractivity contribution in [2.75, 3.05) is 27.8 Å². The van der Waals surface area contributed by atoms with Gasteiger partial charge in [0.1, 0.15) is 19.3 Å². The molecule has 0 saturated heterocycles. The largest absolute Gasteiger partial charge is 0.468 e. The number of methoxy groups -OCH3 is 2. The van der Waals surface area contributed by atoms with E-state index in [1.54, 1.807) is 32.4 Å². The van der Waals surface area contributed by atoms with Gasteiger partial charge in [0.15, 0.2) is 13.6 Å². The van der Waals surface area contributed by atoms with E-state index in [0.717, 1.165) is 0 Å². The zero-order valence-electron chi connectivity index (χ0n) is 8.86. The monoisotopic (exact) mass is 208 g/mol. The van der Waals surface area contributed by atoms with Gasteiger partial charge < -0.3 is 18.9 Å². The van der Waals surface area contributed by atoms with E-state index in [1.807, 2.05) is 0 Å². The average Bonchev–Trinajstić information content (AvgIpc) is 2.25. The fourth-order valence-corrected chi connectivity index (χ4v) is 0.997. The van der Waals surface area contributed by atoms with Gasteiger partial charge in [-0.3, -0.25) is 0 Å². The van der Waals surface area contributed by atoms with Crippen LogP contribution in [-0.4, -0.2) is 35.7 Å². The molecule has 0 aliphatic rings. The molecule has 0 bridgehead atoms. The minimum atomic E-state index is 0.169. The SMILES string of the molecule is [B]c1cc(OCOC)ccc1OCOC. The van der Waals surface area contributed by atoms with E-state index in [9.17, 15) is 0 Å². The summed E-state index contributed by atoms with van der Waals surface area (Å²) in [6.45, 7) is 0.361. The summed E-state index contributed by atoms with van der Waals surface area (Å²) < 4.78 is 20.0. The molecule has 0 aliphatic heterocycles. The van der Waals surface area contributed by atoms with E-state index < -0.39 is 0 Å². The van der Waals surface area contributed by atoms with Crippen molar-refractivity contribution in [3.05, 3.63) is 18.2 Å². The van der Waals surface area contributed by atoms with Crippen LogP contribution in [0, 0.1) is 0 Å². The Morgan fingerprint density at radius 1 is 1.07 bits per heavy atom. The molecule has 1 aromatic rings. The average molecular weight is 208 g/mol. The van der Waals surface area contributed by atoms with Crippen LogP contribution in [0.1, 0.15) is 0 Å². The summed E-state index contributed by atoms with van der Waals surface area (Å²) in [7, 11) is 8.84. The van der Waals surface area contributed by atoms with Gasteiger partial charge in [0.05, 0.1) is 0 Å². The summed E-state index contributed by atoms with van der Waals surface area (Å²) in [4.78, 5) is 0. The summed E-state index contributed by atoms with van der Waals surface area (Å²) in [5.74, 6) is 1.21. The molecule has 2 radical (unpaired) electrons. The molecular formula is C10H13BO4. The highest BCUT2D eigenvalue weighted by Gasteiger charge is 2.01. The second-order valence-corrected chi connectivity index (χ2v) is 2.80. The molecule has 0 unspecified atom stereocenters. The summed E-state index contributed by atoms with van der Waals surface area (Å²) in [6, 6.07) is 5.14. The predicted molar refractivity (Wildman–Crippen MR) is 56.8 cm³/mol. The third kappa shape index (κ3) is 3.81. The topological polar surface area (TPSA) is 36.9 Å². The third-order valence-corrected chi connectivity index (χ3v) is 1.66. The Balaban J connectivity index is 2.61. The summed E-state index contributed by atoms with van der Waals surface area (Å²) in [6.07, 6.45) is 0. The first-order valence-corrected chi connectivity index (χ1v) is 4.41. The van der Waals surface area contributed by atoms with Crippen LogP contribution in [-0.2, 0) is 9.47 Å². The highest BCUT2D eigenvalue weighted by Crippen LogP contribution is 2.14. The van der Waals surface area contributed by atoms with Crippen molar-refractivity contribution in [2.45, 2.75) is 0 Å². The van der Waals surface area contributed by atoms with E-state index in [-0.39, 0.29) is 13.6 Å². The van der Waals surface area contributed by atoms with E-state index >= 15 is 0 Å². The molecular weight excluding hydrogens is 195 g/mol. The number of rotatable bonds is 6. The molecule has 0 heterocycles. The lowest BCUT2D eigenvalue weighted by Gasteiger charge is -2.10. The second-order valence-electron chi connectivity index (χ2n) is 2.80. The van der Waals surface area contributed by atoms with Gasteiger partial charge in [0.2, 0.25) is 0 Å². The molecule has 1 aromatic carbocycles. The second kappa shape index (κ2) is 6.32. The number of ether oxygens (including phenoxy) is 4. The van der Waals surface area contributed by atoms with E-state index in [1.165, 1.54) is 0 Å². The van der Waals surface area contributed by atoms with Crippen molar-refractivity contribution in [2.24, 2.45) is 0 Å². The molecule has 0 N–H and O–H groups in total. The molecule has 5 heteroatoms. The number of benzene rings is 1. The molecule has 80 valence electrons. The Labute approximate surface area is 90.5 Å². The molecule has 0 aromatic heterocycles. The highest BCUT2D eigenvalue weighted by atomic mass is 16.7. The Morgan fingerprint density at radius 2 is 1.73 bits per heavy atom. The first-order valence-electron chi connectivity index (χ1n) is 4.41. The van der Waals surface area contributed by atoms with Crippen LogP contribution in [0.2, 0.25) is 0 Å². The van der Waals surface area contributed by atoms with Gasteiger partial charge in [0, 0.05) is 14.2 Å². The van der Waals surface area contributed by atoms with Crippen molar-refractivity contribution in [1.29, 1.82) is 0 Å². The van der Waals surface area contributed by atoms with Gasteiger partial charge in [-0.1, -0.05) is 5.46 Å². The highest BCUT2D eigenvalue weighted by molar-refractivity contribution is 6.34. The van der Waals surface area contributed by atoms with Crippen molar-refractivity contribution in [3.8, 4) is 11.5 Å². The zero-order valence-corrected chi connectivity index (χ0v) is 8.86. The maximum absolute atomic E-state index is 5.73. The minimum absolute atomic E-state index is 0.169. The molecule has 15 heavy (non-hydrogen) atoms. The maximum atomic E-state index is 5.73. The van der Waals surface area contributed by atoms with Gasteiger partial charge in [-0.05, 0) is 18.2 Å². The standard InChI is InChI=1S/C10H13BO4/c1-12-6-14-8-3-4-10(9(11)5-8)15-7-13-2/h3-5H,6-7H2,1-2H3. The van der Waals surface area contributed by atoms with Crippen molar-refractivity contribution in [3.63, 3.8) is 0 Å². The quantitative estimate of drug-likeness (QED) is 0.502. The van der Waals surface area contributed by atoms with Gasteiger partial charge >= 0.3 is 0 Å². The van der Waals surface area contributed by atoms with Gasteiger partial charge in [0.25, 0.3) is 0 Å². The Kier molecular flexibility index (Phi) is 5.00. The Morgan fingerprint density at radius 3 is 2.33 bits per heavy atom.